The van der Waals surface area contributed by atoms with Crippen molar-refractivity contribution >= 4 is 34.8 Å². The Balaban J connectivity index is 2.56. The van der Waals surface area contributed by atoms with Crippen LogP contribution in [0.3, 0.4) is 0 Å². The highest BCUT2D eigenvalue weighted by atomic mass is 35.5. The molecule has 1 aromatic carbocycles. The summed E-state index contributed by atoms with van der Waals surface area (Å²) in [5.74, 6) is -0.344. The van der Waals surface area contributed by atoms with Crippen molar-refractivity contribution in [1.29, 1.82) is 0 Å². The Bertz CT molecular complexity index is 516. The van der Waals surface area contributed by atoms with Crippen LogP contribution >= 0.6 is 11.6 Å². The Morgan fingerprint density at radius 3 is 2.94 bits per heavy atom. The first-order chi connectivity index (χ1) is 8.54. The molecule has 5 nitrogen and oxygen atoms in total. The molecule has 0 aliphatic carbocycles. The van der Waals surface area contributed by atoms with Crippen molar-refractivity contribution in [3.8, 4) is 0 Å². The lowest BCUT2D eigenvalue weighted by Crippen LogP contribution is -2.36. The molecule has 0 aromatic heterocycles. The van der Waals surface area contributed by atoms with Crippen LogP contribution in [0.2, 0.25) is 5.02 Å². The minimum absolute atomic E-state index is 0.0880. The Kier molecular flexibility index (Phi) is 3.54. The van der Waals surface area contributed by atoms with Gasteiger partial charge in [-0.15, -0.1) is 0 Å². The summed E-state index contributed by atoms with van der Waals surface area (Å²) >= 11 is 6.03. The van der Waals surface area contributed by atoms with Gasteiger partial charge >= 0.3 is 0 Å². The molecule has 96 valence electrons. The third kappa shape index (κ3) is 2.19. The normalized spacial score (nSPS) is 14.8. The number of fused-ring (bicyclic) bond motifs is 1. The average molecular weight is 268 g/mol. The molecule has 2 rings (SSSR count). The summed E-state index contributed by atoms with van der Waals surface area (Å²) in [5, 5.41) is 3.33. The number of nitrogens with two attached hydrogens (primary N) is 1. The Morgan fingerprint density at radius 2 is 2.28 bits per heavy atom. The van der Waals surface area contributed by atoms with E-state index in [-0.39, 0.29) is 24.8 Å². The van der Waals surface area contributed by atoms with E-state index in [1.165, 1.54) is 4.90 Å². The third-order valence-electron chi connectivity index (χ3n) is 2.97. The fourth-order valence-corrected chi connectivity index (χ4v) is 2.12. The minimum atomic E-state index is -0.213. The van der Waals surface area contributed by atoms with E-state index in [0.717, 1.165) is 5.56 Å². The maximum absolute atomic E-state index is 11.8. The van der Waals surface area contributed by atoms with E-state index in [4.69, 9.17) is 17.3 Å². The van der Waals surface area contributed by atoms with Crippen LogP contribution in [-0.2, 0) is 9.59 Å². The second-order valence-electron chi connectivity index (χ2n) is 4.11. The lowest BCUT2D eigenvalue weighted by atomic mass is 10.1. The molecular formula is C12H14ClN3O2. The van der Waals surface area contributed by atoms with Crippen LogP contribution in [0.1, 0.15) is 12.0 Å². The maximum atomic E-state index is 11.8. The summed E-state index contributed by atoms with van der Waals surface area (Å²) < 4.78 is 0. The molecule has 1 heterocycles. The Labute approximate surface area is 110 Å². The van der Waals surface area contributed by atoms with Crippen LogP contribution in [-0.4, -0.2) is 24.9 Å². The number of nitrogens with zero attached hydrogens (tertiary/aromatic N) is 1. The molecule has 1 aromatic rings. The zero-order valence-corrected chi connectivity index (χ0v) is 10.8. The number of hydrogen-bond donors (Lipinski definition) is 2. The van der Waals surface area contributed by atoms with Crippen LogP contribution in [0.4, 0.5) is 11.4 Å². The smallest absolute Gasteiger partial charge is 0.240 e. The van der Waals surface area contributed by atoms with E-state index in [0.29, 0.717) is 22.9 Å². The molecule has 0 saturated carbocycles. The van der Waals surface area contributed by atoms with Gasteiger partial charge in [-0.3, -0.25) is 9.59 Å². The van der Waals surface area contributed by atoms with Crippen LogP contribution in [0.15, 0.2) is 12.1 Å². The minimum Gasteiger partial charge on any atom is -0.324 e. The number of nitrogens with one attached hydrogen (secondary N) is 1. The summed E-state index contributed by atoms with van der Waals surface area (Å²) in [6.45, 7) is 2.04. The zero-order valence-electron chi connectivity index (χ0n) is 10.00. The van der Waals surface area contributed by atoms with Gasteiger partial charge in [0, 0.05) is 18.0 Å². The molecule has 0 unspecified atom stereocenters. The van der Waals surface area contributed by atoms with Gasteiger partial charge in [-0.2, -0.15) is 0 Å². The summed E-state index contributed by atoms with van der Waals surface area (Å²) in [6, 6.07) is 3.44. The quantitative estimate of drug-likeness (QED) is 0.805. The van der Waals surface area contributed by atoms with Crippen LogP contribution < -0.4 is 16.0 Å². The number of hydrogen-bond acceptors (Lipinski definition) is 3. The molecule has 0 bridgehead atoms. The molecule has 18 heavy (non-hydrogen) atoms. The van der Waals surface area contributed by atoms with Gasteiger partial charge in [0.05, 0.1) is 17.9 Å². The van der Waals surface area contributed by atoms with Gasteiger partial charge in [0.2, 0.25) is 11.8 Å². The first-order valence-electron chi connectivity index (χ1n) is 5.64. The standard InChI is InChI=1S/C12H14ClN3O2/c1-7-8(13)2-3-9-12(7)15-10(17)4-5-16(9)11(18)6-14/h2-3H,4-6,14H2,1H3,(H,15,17). The second-order valence-corrected chi connectivity index (χ2v) is 4.52. The Hall–Kier alpha value is -1.59. The third-order valence-corrected chi connectivity index (χ3v) is 3.38. The highest BCUT2D eigenvalue weighted by Crippen LogP contribution is 2.35. The summed E-state index contributed by atoms with van der Waals surface area (Å²) in [6.07, 6.45) is 0.247. The molecule has 3 N–H and O–H groups in total. The highest BCUT2D eigenvalue weighted by Gasteiger charge is 2.24. The molecule has 0 spiro atoms. The Morgan fingerprint density at radius 1 is 1.56 bits per heavy atom. The number of benzene rings is 1. The van der Waals surface area contributed by atoms with Crippen molar-refractivity contribution in [3.05, 3.63) is 22.7 Å². The van der Waals surface area contributed by atoms with Crippen LogP contribution in [0, 0.1) is 6.92 Å². The average Bonchev–Trinajstić information content (AvgIpc) is 2.52. The topological polar surface area (TPSA) is 75.4 Å². The van der Waals surface area contributed by atoms with Gasteiger partial charge in [-0.05, 0) is 24.6 Å². The van der Waals surface area contributed by atoms with Gasteiger partial charge in [-0.25, -0.2) is 0 Å². The van der Waals surface area contributed by atoms with Gasteiger partial charge in [0.15, 0.2) is 0 Å². The number of amides is 2. The molecule has 1 aliphatic rings. The van der Waals surface area contributed by atoms with Crippen molar-refractivity contribution in [2.24, 2.45) is 5.73 Å². The number of halogens is 1. The predicted octanol–water partition coefficient (Wildman–Crippen LogP) is 1.28. The summed E-state index contributed by atoms with van der Waals surface area (Å²) in [4.78, 5) is 25.0. The number of carbonyl (C=O) groups excluding carboxylic acids is 2. The van der Waals surface area contributed by atoms with Crippen LogP contribution in [0.5, 0.6) is 0 Å². The predicted molar refractivity (Wildman–Crippen MR) is 70.8 cm³/mol. The fraction of sp³-hybridized carbons (Fsp3) is 0.333. The van der Waals surface area contributed by atoms with Crippen molar-refractivity contribution in [2.75, 3.05) is 23.3 Å². The molecule has 0 atom stereocenters. The van der Waals surface area contributed by atoms with Crippen molar-refractivity contribution < 1.29 is 9.59 Å². The van der Waals surface area contributed by atoms with Gasteiger partial charge < -0.3 is 16.0 Å². The van der Waals surface area contributed by atoms with Crippen LogP contribution in [0.25, 0.3) is 0 Å². The van der Waals surface area contributed by atoms with E-state index in [2.05, 4.69) is 5.32 Å². The molecule has 0 fully saturated rings. The van der Waals surface area contributed by atoms with Gasteiger partial charge in [-0.1, -0.05) is 11.6 Å². The monoisotopic (exact) mass is 267 g/mol. The van der Waals surface area contributed by atoms with E-state index >= 15 is 0 Å². The van der Waals surface area contributed by atoms with E-state index in [9.17, 15) is 9.59 Å². The number of rotatable bonds is 1. The largest absolute Gasteiger partial charge is 0.324 e. The molecule has 6 heteroatoms. The van der Waals surface area contributed by atoms with Crippen molar-refractivity contribution in [3.63, 3.8) is 0 Å². The van der Waals surface area contributed by atoms with E-state index < -0.39 is 0 Å². The lowest BCUT2D eigenvalue weighted by Gasteiger charge is -2.22. The number of anilines is 2. The van der Waals surface area contributed by atoms with E-state index in [1.807, 2.05) is 0 Å². The maximum Gasteiger partial charge on any atom is 0.240 e. The van der Waals surface area contributed by atoms with Crippen molar-refractivity contribution in [2.45, 2.75) is 13.3 Å². The van der Waals surface area contributed by atoms with Crippen molar-refractivity contribution in [1.82, 2.24) is 0 Å². The summed E-state index contributed by atoms with van der Waals surface area (Å²) in [5.41, 5.74) is 7.38. The molecule has 0 saturated heterocycles. The zero-order chi connectivity index (χ0) is 13.3. The molecule has 1 aliphatic heterocycles. The lowest BCUT2D eigenvalue weighted by molar-refractivity contribution is -0.117. The number of carbonyl (C=O) groups is 2. The fourth-order valence-electron chi connectivity index (χ4n) is 1.96. The van der Waals surface area contributed by atoms with E-state index in [1.54, 1.807) is 19.1 Å². The molecular weight excluding hydrogens is 254 g/mol. The first-order valence-corrected chi connectivity index (χ1v) is 6.01. The SMILES string of the molecule is Cc1c(Cl)ccc2c1NC(=O)CCN2C(=O)CN. The molecule has 2 amide bonds. The van der Waals surface area contributed by atoms with Gasteiger partial charge in [0.1, 0.15) is 0 Å². The van der Waals surface area contributed by atoms with Gasteiger partial charge in [0.25, 0.3) is 0 Å². The first kappa shape index (κ1) is 12.9. The highest BCUT2D eigenvalue weighted by molar-refractivity contribution is 6.32. The summed E-state index contributed by atoms with van der Waals surface area (Å²) in [7, 11) is 0. The molecule has 0 radical (unpaired) electrons. The second kappa shape index (κ2) is 4.96.